The minimum Gasteiger partial charge on any atom is -0.368 e. The lowest BCUT2D eigenvalue weighted by Gasteiger charge is -2.07. The molecule has 0 radical (unpaired) electrons. The quantitative estimate of drug-likeness (QED) is 0.323. The van der Waals surface area contributed by atoms with Crippen LogP contribution in [0.1, 0.15) is 11.1 Å². The van der Waals surface area contributed by atoms with Crippen molar-refractivity contribution in [2.24, 2.45) is 17.2 Å². The molecule has 0 aliphatic carbocycles. The van der Waals surface area contributed by atoms with Gasteiger partial charge in [0, 0.05) is 0 Å². The van der Waals surface area contributed by atoms with E-state index < -0.39 is 11.9 Å². The minimum atomic E-state index is -0.657. The van der Waals surface area contributed by atoms with E-state index in [1.807, 2.05) is 12.1 Å². The Morgan fingerprint density at radius 2 is 1.80 bits per heavy atom. The fourth-order valence-electron chi connectivity index (χ4n) is 1.19. The van der Waals surface area contributed by atoms with Crippen molar-refractivity contribution >= 4 is 11.7 Å². The lowest BCUT2D eigenvalue weighted by Crippen LogP contribution is -2.46. The van der Waals surface area contributed by atoms with Crippen molar-refractivity contribution in [2.45, 2.75) is 12.5 Å². The Morgan fingerprint density at radius 3 is 2.20 bits per heavy atom. The summed E-state index contributed by atoms with van der Waals surface area (Å²) in [5.74, 6) is -0.246. The van der Waals surface area contributed by atoms with Gasteiger partial charge in [-0.1, -0.05) is 12.1 Å². The van der Waals surface area contributed by atoms with Gasteiger partial charge in [-0.2, -0.15) is 0 Å². The summed E-state index contributed by atoms with van der Waals surface area (Å²) in [6, 6.07) is 6.53. The molecule has 15 heavy (non-hydrogen) atoms. The number of primary amides is 1. The highest BCUT2D eigenvalue weighted by Gasteiger charge is 2.10. The van der Waals surface area contributed by atoms with E-state index in [9.17, 15) is 4.79 Å². The van der Waals surface area contributed by atoms with Gasteiger partial charge in [0.05, 0.1) is 11.6 Å². The van der Waals surface area contributed by atoms with Crippen molar-refractivity contribution in [1.82, 2.24) is 0 Å². The SMILES string of the molecule is NC(=[NH2+])c1ccc(C[C@@H](N)C(N)=O)cc1. The monoisotopic (exact) mass is 207 g/mol. The Morgan fingerprint density at radius 1 is 1.27 bits per heavy atom. The predicted octanol–water partition coefficient (Wildman–Crippen LogP) is -2.49. The van der Waals surface area contributed by atoms with Crippen LogP contribution in [0.25, 0.3) is 0 Å². The number of carbonyl (C=O) groups is 1. The molecule has 0 bridgehead atoms. The van der Waals surface area contributed by atoms with Crippen molar-refractivity contribution in [3.8, 4) is 0 Å². The minimum absolute atomic E-state index is 0.265. The Bertz CT molecular complexity index is 372. The van der Waals surface area contributed by atoms with Crippen LogP contribution in [0.5, 0.6) is 0 Å². The Kier molecular flexibility index (Phi) is 3.41. The van der Waals surface area contributed by atoms with Crippen LogP contribution in [0.3, 0.4) is 0 Å². The van der Waals surface area contributed by atoms with Gasteiger partial charge in [-0.3, -0.25) is 15.9 Å². The van der Waals surface area contributed by atoms with Crippen LogP contribution in [0, 0.1) is 0 Å². The molecule has 5 heteroatoms. The molecule has 1 aromatic carbocycles. The Labute approximate surface area is 87.8 Å². The van der Waals surface area contributed by atoms with Gasteiger partial charge in [-0.15, -0.1) is 0 Å². The first kappa shape index (κ1) is 11.2. The number of amidine groups is 1. The van der Waals surface area contributed by atoms with Crippen LogP contribution in [0.2, 0.25) is 0 Å². The van der Waals surface area contributed by atoms with Crippen LogP contribution in [0.4, 0.5) is 0 Å². The standard InChI is InChI=1S/C10H14N4O/c11-8(10(14)15)5-6-1-3-7(4-2-6)9(12)13/h1-4,8H,5,11H2,(H3,12,13)(H2,14,15)/p+1/t8-/m1/s1. The highest BCUT2D eigenvalue weighted by atomic mass is 16.1. The number of rotatable bonds is 4. The van der Waals surface area contributed by atoms with Crippen LogP contribution in [-0.4, -0.2) is 17.8 Å². The maximum absolute atomic E-state index is 10.7. The highest BCUT2D eigenvalue weighted by molar-refractivity contribution is 5.92. The zero-order valence-corrected chi connectivity index (χ0v) is 8.31. The smallest absolute Gasteiger partial charge is 0.270 e. The zero-order valence-electron chi connectivity index (χ0n) is 8.31. The van der Waals surface area contributed by atoms with E-state index in [-0.39, 0.29) is 5.84 Å². The molecule has 0 aliphatic rings. The first-order valence-electron chi connectivity index (χ1n) is 4.53. The third-order valence-corrected chi connectivity index (χ3v) is 2.11. The molecule has 1 rings (SSSR count). The maximum atomic E-state index is 10.7. The summed E-state index contributed by atoms with van der Waals surface area (Å²) >= 11 is 0. The molecular weight excluding hydrogens is 192 g/mol. The van der Waals surface area contributed by atoms with E-state index >= 15 is 0 Å². The lowest BCUT2D eigenvalue weighted by molar-refractivity contribution is -0.119. The number of carbonyl (C=O) groups excluding carboxylic acids is 1. The number of nitrogens with two attached hydrogens (primary N) is 4. The summed E-state index contributed by atoms with van der Waals surface area (Å²) in [5, 5.41) is 5.41. The van der Waals surface area contributed by atoms with Crippen molar-refractivity contribution in [3.63, 3.8) is 0 Å². The van der Waals surface area contributed by atoms with Crippen LogP contribution in [-0.2, 0) is 11.2 Å². The van der Waals surface area contributed by atoms with Gasteiger partial charge in [-0.25, -0.2) is 0 Å². The molecule has 0 saturated carbocycles. The fraction of sp³-hybridized carbons (Fsp3) is 0.200. The second-order valence-electron chi connectivity index (χ2n) is 3.37. The Balaban J connectivity index is 2.72. The fourth-order valence-corrected chi connectivity index (χ4v) is 1.19. The molecule has 1 aromatic rings. The summed E-state index contributed by atoms with van der Waals surface area (Å²) in [7, 11) is 0. The van der Waals surface area contributed by atoms with E-state index in [1.165, 1.54) is 0 Å². The number of hydrogen-bond acceptors (Lipinski definition) is 2. The lowest BCUT2D eigenvalue weighted by atomic mass is 10.0. The van der Waals surface area contributed by atoms with E-state index in [0.717, 1.165) is 11.1 Å². The van der Waals surface area contributed by atoms with Crippen LogP contribution >= 0.6 is 0 Å². The maximum Gasteiger partial charge on any atom is 0.270 e. The highest BCUT2D eigenvalue weighted by Crippen LogP contribution is 2.05. The van der Waals surface area contributed by atoms with Gasteiger partial charge in [0.15, 0.2) is 0 Å². The molecule has 0 aromatic heterocycles. The van der Waals surface area contributed by atoms with Gasteiger partial charge < -0.3 is 11.5 Å². The van der Waals surface area contributed by atoms with E-state index in [1.54, 1.807) is 12.1 Å². The molecular formula is C10H15N4O+. The van der Waals surface area contributed by atoms with Crippen molar-refractivity contribution in [3.05, 3.63) is 35.4 Å². The van der Waals surface area contributed by atoms with Gasteiger partial charge in [0.1, 0.15) is 0 Å². The largest absolute Gasteiger partial charge is 0.368 e. The average molecular weight is 207 g/mol. The number of hydrogen-bond donors (Lipinski definition) is 4. The second-order valence-corrected chi connectivity index (χ2v) is 3.37. The molecule has 0 fully saturated rings. The van der Waals surface area contributed by atoms with Gasteiger partial charge in [0.2, 0.25) is 5.91 Å². The summed E-state index contributed by atoms with van der Waals surface area (Å²) in [6.45, 7) is 0. The third kappa shape index (κ3) is 3.07. The molecule has 0 saturated heterocycles. The normalized spacial score (nSPS) is 12.1. The average Bonchev–Trinajstić information content (AvgIpc) is 2.18. The molecule has 0 spiro atoms. The summed E-state index contributed by atoms with van der Waals surface area (Å²) in [4.78, 5) is 10.7. The van der Waals surface area contributed by atoms with Gasteiger partial charge in [0.25, 0.3) is 5.84 Å². The first-order valence-corrected chi connectivity index (χ1v) is 4.53. The Hall–Kier alpha value is -1.88. The summed E-state index contributed by atoms with van der Waals surface area (Å²) in [5.41, 5.74) is 17.7. The van der Waals surface area contributed by atoms with E-state index in [0.29, 0.717) is 6.42 Å². The predicted molar refractivity (Wildman–Crippen MR) is 57.5 cm³/mol. The first-order chi connectivity index (χ1) is 7.00. The molecule has 80 valence electrons. The number of amides is 1. The van der Waals surface area contributed by atoms with E-state index in [4.69, 9.17) is 22.6 Å². The van der Waals surface area contributed by atoms with Crippen molar-refractivity contribution in [1.29, 1.82) is 0 Å². The van der Waals surface area contributed by atoms with Crippen molar-refractivity contribution < 1.29 is 10.2 Å². The van der Waals surface area contributed by atoms with E-state index in [2.05, 4.69) is 0 Å². The van der Waals surface area contributed by atoms with Gasteiger partial charge >= 0.3 is 0 Å². The topological polar surface area (TPSA) is 121 Å². The van der Waals surface area contributed by atoms with Crippen LogP contribution in [0.15, 0.2) is 24.3 Å². The van der Waals surface area contributed by atoms with Crippen molar-refractivity contribution in [2.75, 3.05) is 0 Å². The second kappa shape index (κ2) is 4.56. The molecule has 0 unspecified atom stereocenters. The van der Waals surface area contributed by atoms with Gasteiger partial charge in [-0.05, 0) is 24.1 Å². The molecule has 1 amide bonds. The third-order valence-electron chi connectivity index (χ3n) is 2.11. The number of benzene rings is 1. The molecule has 8 N–H and O–H groups in total. The molecule has 1 atom stereocenters. The summed E-state index contributed by atoms with van der Waals surface area (Å²) in [6.07, 6.45) is 0.417. The van der Waals surface area contributed by atoms with Crippen LogP contribution < -0.4 is 22.6 Å². The zero-order chi connectivity index (χ0) is 11.4. The molecule has 0 aliphatic heterocycles. The summed E-state index contributed by atoms with van der Waals surface area (Å²) < 4.78 is 0. The molecule has 5 nitrogen and oxygen atoms in total. The molecule has 0 heterocycles.